The van der Waals surface area contributed by atoms with Gasteiger partial charge in [-0.25, -0.2) is 0 Å². The zero-order chi connectivity index (χ0) is 15.3. The van der Waals surface area contributed by atoms with Crippen LogP contribution >= 0.6 is 11.3 Å². The Hall–Kier alpha value is -1.37. The van der Waals surface area contributed by atoms with Gasteiger partial charge < -0.3 is 10.4 Å². The number of thiophene rings is 1. The minimum atomic E-state index is -4.34. The van der Waals surface area contributed by atoms with E-state index in [1.165, 1.54) is 17.0 Å². The average Bonchev–Trinajstić information content (AvgIpc) is 2.96. The summed E-state index contributed by atoms with van der Waals surface area (Å²) in [5, 5.41) is 15.0. The molecule has 1 aromatic heterocycles. The number of aliphatic hydroxyl groups excluding tert-OH is 1. The second-order valence-electron chi connectivity index (χ2n) is 4.67. The molecule has 2 nitrogen and oxygen atoms in total. The minimum Gasteiger partial charge on any atom is -0.387 e. The molecule has 0 fully saturated rings. The lowest BCUT2D eigenvalue weighted by Gasteiger charge is -2.13. The first-order valence-corrected chi connectivity index (χ1v) is 7.43. The van der Waals surface area contributed by atoms with Crippen molar-refractivity contribution < 1.29 is 18.3 Å². The molecule has 21 heavy (non-hydrogen) atoms. The van der Waals surface area contributed by atoms with Gasteiger partial charge in [0.1, 0.15) is 0 Å². The number of nitrogens with one attached hydrogen (secondary N) is 1. The number of alkyl halides is 3. The molecular formula is C15H16F3NOS. The summed E-state index contributed by atoms with van der Waals surface area (Å²) in [7, 11) is 0. The van der Waals surface area contributed by atoms with Crippen LogP contribution in [0.5, 0.6) is 0 Å². The highest BCUT2D eigenvalue weighted by Crippen LogP contribution is 2.29. The summed E-state index contributed by atoms with van der Waals surface area (Å²) >= 11 is 1.67. The van der Waals surface area contributed by atoms with Crippen molar-refractivity contribution in [3.8, 4) is 0 Å². The van der Waals surface area contributed by atoms with Crippen molar-refractivity contribution in [2.45, 2.75) is 18.7 Å². The van der Waals surface area contributed by atoms with Crippen molar-refractivity contribution in [3.63, 3.8) is 0 Å². The summed E-state index contributed by atoms with van der Waals surface area (Å²) in [5.41, 5.74) is -0.226. The van der Waals surface area contributed by atoms with Crippen LogP contribution < -0.4 is 5.32 Å². The number of rotatable bonds is 6. The Balaban J connectivity index is 1.79. The molecule has 1 aromatic carbocycles. The van der Waals surface area contributed by atoms with E-state index in [1.54, 1.807) is 11.3 Å². The van der Waals surface area contributed by atoms with Crippen molar-refractivity contribution in [1.82, 2.24) is 5.32 Å². The van der Waals surface area contributed by atoms with Crippen molar-refractivity contribution >= 4 is 11.3 Å². The fraction of sp³-hybridized carbons (Fsp3) is 0.333. The summed E-state index contributed by atoms with van der Waals surface area (Å²) in [6.45, 7) is 1.04. The fourth-order valence-corrected chi connectivity index (χ4v) is 2.63. The van der Waals surface area contributed by atoms with Gasteiger partial charge in [-0.2, -0.15) is 13.2 Å². The number of aliphatic hydroxyl groups is 1. The molecule has 0 aliphatic carbocycles. The highest BCUT2D eigenvalue weighted by atomic mass is 32.1. The van der Waals surface area contributed by atoms with Gasteiger partial charge in [0.2, 0.25) is 0 Å². The highest BCUT2D eigenvalue weighted by Gasteiger charge is 2.30. The van der Waals surface area contributed by atoms with Crippen molar-refractivity contribution in [2.75, 3.05) is 13.1 Å². The van der Waals surface area contributed by atoms with Crippen LogP contribution in [0.3, 0.4) is 0 Å². The first kappa shape index (κ1) is 16.0. The first-order chi connectivity index (χ1) is 9.97. The maximum absolute atomic E-state index is 12.4. The molecule has 2 aromatic rings. The van der Waals surface area contributed by atoms with Gasteiger partial charge in [0.15, 0.2) is 0 Å². The zero-order valence-corrected chi connectivity index (χ0v) is 12.0. The SMILES string of the molecule is OC(CNCCc1cccs1)c1ccc(C(F)(F)F)cc1. The number of benzene rings is 1. The molecule has 0 saturated heterocycles. The molecule has 0 bridgehead atoms. The monoisotopic (exact) mass is 315 g/mol. The van der Waals surface area contributed by atoms with Crippen LogP contribution in [0.1, 0.15) is 22.1 Å². The topological polar surface area (TPSA) is 32.3 Å². The third-order valence-electron chi connectivity index (χ3n) is 3.09. The molecule has 114 valence electrons. The van der Waals surface area contributed by atoms with Gasteiger partial charge in [0.25, 0.3) is 0 Å². The fourth-order valence-electron chi connectivity index (χ4n) is 1.92. The molecule has 1 atom stereocenters. The molecule has 2 N–H and O–H groups in total. The third-order valence-corrected chi connectivity index (χ3v) is 4.02. The van der Waals surface area contributed by atoms with Gasteiger partial charge in [-0.05, 0) is 35.6 Å². The second-order valence-corrected chi connectivity index (χ2v) is 5.70. The summed E-state index contributed by atoms with van der Waals surface area (Å²) in [4.78, 5) is 1.26. The van der Waals surface area contributed by atoms with Gasteiger partial charge in [-0.3, -0.25) is 0 Å². The van der Waals surface area contributed by atoms with E-state index in [4.69, 9.17) is 0 Å². The average molecular weight is 315 g/mol. The molecule has 1 unspecified atom stereocenters. The smallest absolute Gasteiger partial charge is 0.387 e. The Kier molecular flexibility index (Phi) is 5.39. The van der Waals surface area contributed by atoms with E-state index in [0.717, 1.165) is 25.1 Å². The Morgan fingerprint density at radius 3 is 2.43 bits per heavy atom. The van der Waals surface area contributed by atoms with Crippen LogP contribution in [0, 0.1) is 0 Å². The molecule has 0 radical (unpaired) electrons. The molecule has 6 heteroatoms. The normalized spacial score (nSPS) is 13.3. The van der Waals surface area contributed by atoms with E-state index < -0.39 is 17.8 Å². The van der Waals surface area contributed by atoms with Crippen LogP contribution in [0.15, 0.2) is 41.8 Å². The van der Waals surface area contributed by atoms with E-state index in [0.29, 0.717) is 12.1 Å². The second kappa shape index (κ2) is 7.06. The summed E-state index contributed by atoms with van der Waals surface area (Å²) in [6.07, 6.45) is -4.28. The van der Waals surface area contributed by atoms with Crippen LogP contribution in [0.4, 0.5) is 13.2 Å². The summed E-state index contributed by atoms with van der Waals surface area (Å²) in [5.74, 6) is 0. The Bertz CT molecular complexity index is 537. The third kappa shape index (κ3) is 4.84. The predicted octanol–water partition coefficient (Wildman–Crippen LogP) is 3.63. The molecule has 0 amide bonds. The Morgan fingerprint density at radius 1 is 1.14 bits per heavy atom. The highest BCUT2D eigenvalue weighted by molar-refractivity contribution is 7.09. The number of halogens is 3. The van der Waals surface area contributed by atoms with Crippen molar-refractivity contribution in [3.05, 3.63) is 57.8 Å². The lowest BCUT2D eigenvalue weighted by molar-refractivity contribution is -0.137. The number of hydrogen-bond acceptors (Lipinski definition) is 3. The van der Waals surface area contributed by atoms with Crippen LogP contribution in [-0.2, 0) is 12.6 Å². The maximum atomic E-state index is 12.4. The lowest BCUT2D eigenvalue weighted by Crippen LogP contribution is -2.23. The molecule has 0 saturated carbocycles. The quantitative estimate of drug-likeness (QED) is 0.798. The van der Waals surface area contributed by atoms with Gasteiger partial charge in [-0.15, -0.1) is 11.3 Å². The molecule has 1 heterocycles. The van der Waals surface area contributed by atoms with E-state index in [1.807, 2.05) is 17.5 Å². The zero-order valence-electron chi connectivity index (χ0n) is 11.2. The molecule has 2 rings (SSSR count). The predicted molar refractivity (Wildman–Crippen MR) is 77.3 cm³/mol. The van der Waals surface area contributed by atoms with Gasteiger partial charge in [0.05, 0.1) is 11.7 Å². The standard InChI is InChI=1S/C15H16F3NOS/c16-15(17,18)12-5-3-11(4-6-12)14(20)10-19-8-7-13-2-1-9-21-13/h1-6,9,14,19-20H,7-8,10H2. The minimum absolute atomic E-state index is 0.316. The van der Waals surface area contributed by atoms with Gasteiger partial charge in [0, 0.05) is 18.0 Å². The molecule has 0 spiro atoms. The largest absolute Gasteiger partial charge is 0.416 e. The lowest BCUT2D eigenvalue weighted by atomic mass is 10.1. The Morgan fingerprint density at radius 2 is 1.86 bits per heavy atom. The van der Waals surface area contributed by atoms with Crippen molar-refractivity contribution in [2.24, 2.45) is 0 Å². The van der Waals surface area contributed by atoms with E-state index >= 15 is 0 Å². The van der Waals surface area contributed by atoms with Crippen LogP contribution in [0.25, 0.3) is 0 Å². The van der Waals surface area contributed by atoms with E-state index in [2.05, 4.69) is 5.32 Å². The maximum Gasteiger partial charge on any atom is 0.416 e. The van der Waals surface area contributed by atoms with E-state index in [-0.39, 0.29) is 0 Å². The van der Waals surface area contributed by atoms with E-state index in [9.17, 15) is 18.3 Å². The van der Waals surface area contributed by atoms with Gasteiger partial charge in [-0.1, -0.05) is 18.2 Å². The molecule has 0 aliphatic rings. The summed E-state index contributed by atoms with van der Waals surface area (Å²) in [6, 6.07) is 8.63. The molecular weight excluding hydrogens is 299 g/mol. The van der Waals surface area contributed by atoms with Crippen LogP contribution in [-0.4, -0.2) is 18.2 Å². The van der Waals surface area contributed by atoms with Crippen LogP contribution in [0.2, 0.25) is 0 Å². The number of hydrogen-bond donors (Lipinski definition) is 2. The Labute approximate surface area is 125 Å². The molecule has 0 aliphatic heterocycles. The van der Waals surface area contributed by atoms with Gasteiger partial charge >= 0.3 is 6.18 Å². The summed E-state index contributed by atoms with van der Waals surface area (Å²) < 4.78 is 37.3. The van der Waals surface area contributed by atoms with Crippen molar-refractivity contribution in [1.29, 1.82) is 0 Å². The first-order valence-electron chi connectivity index (χ1n) is 6.55.